The monoisotopic (exact) mass is 266 g/mol. The molecule has 0 fully saturated rings. The third-order valence-electron chi connectivity index (χ3n) is 2.44. The van der Waals surface area contributed by atoms with Crippen LogP contribution in [0.15, 0.2) is 24.3 Å². The Balaban J connectivity index is 2.45. The number of aliphatic hydroxyl groups is 1. The molecule has 0 aliphatic heterocycles. The zero-order chi connectivity index (χ0) is 14.1. The van der Waals surface area contributed by atoms with Gasteiger partial charge in [0.05, 0.1) is 5.69 Å². The summed E-state index contributed by atoms with van der Waals surface area (Å²) in [6.45, 7) is 5.07. The van der Waals surface area contributed by atoms with Crippen LogP contribution in [0.1, 0.15) is 20.3 Å². The van der Waals surface area contributed by atoms with Gasteiger partial charge in [-0.05, 0) is 25.1 Å². The molecular formula is C14H22N2O3. The second kappa shape index (κ2) is 8.50. The van der Waals surface area contributed by atoms with Crippen molar-refractivity contribution >= 4 is 11.6 Å². The molecule has 0 spiro atoms. The molecule has 1 amide bonds. The summed E-state index contributed by atoms with van der Waals surface area (Å²) >= 11 is 0. The van der Waals surface area contributed by atoms with E-state index in [9.17, 15) is 9.90 Å². The van der Waals surface area contributed by atoms with E-state index in [1.54, 1.807) is 12.1 Å². The van der Waals surface area contributed by atoms with E-state index in [2.05, 4.69) is 17.6 Å². The van der Waals surface area contributed by atoms with Crippen molar-refractivity contribution in [1.82, 2.24) is 5.32 Å². The molecule has 1 aromatic rings. The van der Waals surface area contributed by atoms with E-state index in [-0.39, 0.29) is 12.5 Å². The highest BCUT2D eigenvalue weighted by Gasteiger charge is 2.08. The van der Waals surface area contributed by atoms with Crippen molar-refractivity contribution in [2.75, 3.05) is 25.0 Å². The van der Waals surface area contributed by atoms with E-state index < -0.39 is 6.10 Å². The Kier molecular flexibility index (Phi) is 6.92. The van der Waals surface area contributed by atoms with Crippen LogP contribution in [0.3, 0.4) is 0 Å². The number of carbonyl (C=O) groups is 1. The Bertz CT molecular complexity index is 396. The number of nitrogens with one attached hydrogen (secondary N) is 2. The van der Waals surface area contributed by atoms with Crippen molar-refractivity contribution in [2.24, 2.45) is 0 Å². The molecule has 1 atom stereocenters. The minimum atomic E-state index is -0.572. The summed E-state index contributed by atoms with van der Waals surface area (Å²) in [5.41, 5.74) is 0.615. The molecule has 1 aromatic carbocycles. The summed E-state index contributed by atoms with van der Waals surface area (Å²) in [5, 5.41) is 15.5. The Hall–Kier alpha value is -1.59. The molecule has 0 bridgehead atoms. The van der Waals surface area contributed by atoms with Crippen LogP contribution < -0.4 is 15.4 Å². The number of hydrogen-bond acceptors (Lipinski definition) is 4. The first-order valence-electron chi connectivity index (χ1n) is 6.51. The summed E-state index contributed by atoms with van der Waals surface area (Å²) in [6, 6.07) is 7.16. The van der Waals surface area contributed by atoms with E-state index in [0.29, 0.717) is 18.0 Å². The SMILES string of the molecule is CCCNCC(O)COc1ccccc1NC(C)=O. The fraction of sp³-hybridized carbons (Fsp3) is 0.500. The van der Waals surface area contributed by atoms with Crippen molar-refractivity contribution in [2.45, 2.75) is 26.4 Å². The highest BCUT2D eigenvalue weighted by molar-refractivity contribution is 5.90. The van der Waals surface area contributed by atoms with Gasteiger partial charge in [-0.15, -0.1) is 0 Å². The topological polar surface area (TPSA) is 70.6 Å². The number of anilines is 1. The maximum Gasteiger partial charge on any atom is 0.221 e. The van der Waals surface area contributed by atoms with Crippen molar-refractivity contribution in [3.05, 3.63) is 24.3 Å². The van der Waals surface area contributed by atoms with Gasteiger partial charge in [0, 0.05) is 13.5 Å². The molecule has 5 heteroatoms. The van der Waals surface area contributed by atoms with Crippen molar-refractivity contribution < 1.29 is 14.6 Å². The number of carbonyl (C=O) groups excluding carboxylic acids is 1. The molecule has 0 saturated heterocycles. The van der Waals surface area contributed by atoms with Gasteiger partial charge in [-0.3, -0.25) is 4.79 Å². The number of para-hydroxylation sites is 2. The van der Waals surface area contributed by atoms with Crippen LogP contribution in [0.5, 0.6) is 5.75 Å². The van der Waals surface area contributed by atoms with Gasteiger partial charge < -0.3 is 20.5 Å². The van der Waals surface area contributed by atoms with Gasteiger partial charge in [-0.2, -0.15) is 0 Å². The number of benzene rings is 1. The predicted molar refractivity (Wildman–Crippen MR) is 75.4 cm³/mol. The van der Waals surface area contributed by atoms with Crippen LogP contribution >= 0.6 is 0 Å². The second-order valence-electron chi connectivity index (χ2n) is 4.35. The van der Waals surface area contributed by atoms with E-state index in [1.807, 2.05) is 12.1 Å². The summed E-state index contributed by atoms with van der Waals surface area (Å²) in [6.07, 6.45) is 0.454. The van der Waals surface area contributed by atoms with Crippen molar-refractivity contribution in [1.29, 1.82) is 0 Å². The second-order valence-corrected chi connectivity index (χ2v) is 4.35. The average molecular weight is 266 g/mol. The number of amides is 1. The highest BCUT2D eigenvalue weighted by Crippen LogP contribution is 2.23. The molecule has 106 valence electrons. The van der Waals surface area contributed by atoms with Gasteiger partial charge in [0.15, 0.2) is 0 Å². The molecule has 0 aromatic heterocycles. The molecule has 0 aliphatic rings. The molecule has 0 aliphatic carbocycles. The average Bonchev–Trinajstić information content (AvgIpc) is 2.37. The van der Waals surface area contributed by atoms with Crippen LogP contribution in [-0.4, -0.2) is 36.8 Å². The molecule has 19 heavy (non-hydrogen) atoms. The molecule has 5 nitrogen and oxygen atoms in total. The minimum absolute atomic E-state index is 0.152. The van der Waals surface area contributed by atoms with Gasteiger partial charge in [0.25, 0.3) is 0 Å². The lowest BCUT2D eigenvalue weighted by Gasteiger charge is -2.15. The van der Waals surface area contributed by atoms with Gasteiger partial charge in [0.2, 0.25) is 5.91 Å². The zero-order valence-electron chi connectivity index (χ0n) is 11.5. The highest BCUT2D eigenvalue weighted by atomic mass is 16.5. The van der Waals surface area contributed by atoms with E-state index in [1.165, 1.54) is 6.92 Å². The molecular weight excluding hydrogens is 244 g/mol. The van der Waals surface area contributed by atoms with Crippen LogP contribution in [0, 0.1) is 0 Å². The summed E-state index contributed by atoms with van der Waals surface area (Å²) in [5.74, 6) is 0.411. The van der Waals surface area contributed by atoms with E-state index >= 15 is 0 Å². The van der Waals surface area contributed by atoms with Crippen LogP contribution in [0.4, 0.5) is 5.69 Å². The minimum Gasteiger partial charge on any atom is -0.489 e. The molecule has 0 heterocycles. The summed E-state index contributed by atoms with van der Waals surface area (Å²) in [4.78, 5) is 11.1. The first-order chi connectivity index (χ1) is 9.13. The van der Waals surface area contributed by atoms with Crippen LogP contribution in [0.2, 0.25) is 0 Å². The predicted octanol–water partition coefficient (Wildman–Crippen LogP) is 1.38. The summed E-state index contributed by atoms with van der Waals surface area (Å²) in [7, 11) is 0. The molecule has 1 rings (SSSR count). The Morgan fingerprint density at radius 3 is 2.84 bits per heavy atom. The normalized spacial score (nSPS) is 11.9. The van der Waals surface area contributed by atoms with Crippen LogP contribution in [-0.2, 0) is 4.79 Å². The standard InChI is InChI=1S/C14H22N2O3/c1-3-8-15-9-12(18)10-19-14-7-5-4-6-13(14)16-11(2)17/h4-7,12,15,18H,3,8-10H2,1-2H3,(H,16,17). The molecule has 0 radical (unpaired) electrons. The van der Waals surface area contributed by atoms with Gasteiger partial charge >= 0.3 is 0 Å². The van der Waals surface area contributed by atoms with Gasteiger partial charge in [0.1, 0.15) is 18.5 Å². The molecule has 1 unspecified atom stereocenters. The fourth-order valence-corrected chi connectivity index (χ4v) is 1.58. The third-order valence-corrected chi connectivity index (χ3v) is 2.44. The number of hydrogen-bond donors (Lipinski definition) is 3. The first kappa shape index (κ1) is 15.5. The van der Waals surface area contributed by atoms with E-state index in [4.69, 9.17) is 4.74 Å². The number of aliphatic hydroxyl groups excluding tert-OH is 1. The van der Waals surface area contributed by atoms with Crippen LogP contribution in [0.25, 0.3) is 0 Å². The quantitative estimate of drug-likeness (QED) is 0.622. The first-order valence-corrected chi connectivity index (χ1v) is 6.51. The number of ether oxygens (including phenoxy) is 1. The molecule has 0 saturated carbocycles. The Morgan fingerprint density at radius 2 is 2.16 bits per heavy atom. The lowest BCUT2D eigenvalue weighted by atomic mass is 10.3. The fourth-order valence-electron chi connectivity index (χ4n) is 1.58. The van der Waals surface area contributed by atoms with E-state index in [0.717, 1.165) is 13.0 Å². The lowest BCUT2D eigenvalue weighted by molar-refractivity contribution is -0.114. The maximum atomic E-state index is 11.1. The largest absolute Gasteiger partial charge is 0.489 e. The third kappa shape index (κ3) is 6.22. The van der Waals surface area contributed by atoms with Gasteiger partial charge in [-0.25, -0.2) is 0 Å². The Labute approximate surface area is 114 Å². The zero-order valence-corrected chi connectivity index (χ0v) is 11.5. The van der Waals surface area contributed by atoms with Gasteiger partial charge in [-0.1, -0.05) is 19.1 Å². The maximum absolute atomic E-state index is 11.1. The van der Waals surface area contributed by atoms with Crippen molar-refractivity contribution in [3.63, 3.8) is 0 Å². The smallest absolute Gasteiger partial charge is 0.221 e. The number of rotatable bonds is 8. The Morgan fingerprint density at radius 1 is 1.42 bits per heavy atom. The van der Waals surface area contributed by atoms with Crippen molar-refractivity contribution in [3.8, 4) is 5.75 Å². The lowest BCUT2D eigenvalue weighted by Crippen LogP contribution is -2.31. The molecule has 3 N–H and O–H groups in total. The summed E-state index contributed by atoms with van der Waals surface area (Å²) < 4.78 is 5.53.